The van der Waals surface area contributed by atoms with Crippen LogP contribution in [0.15, 0.2) is 170 Å². The maximum atomic E-state index is 2.60. The molecule has 0 N–H and O–H groups in total. The molecule has 8 aromatic carbocycles. The van der Waals surface area contributed by atoms with Crippen LogP contribution in [0.5, 0.6) is 0 Å². The molecule has 0 fully saturated rings. The van der Waals surface area contributed by atoms with Crippen LogP contribution >= 0.6 is 0 Å². The van der Waals surface area contributed by atoms with Crippen LogP contribution in [0.1, 0.15) is 25.8 Å². The van der Waals surface area contributed by atoms with Gasteiger partial charge in [0.15, 0.2) is 0 Å². The molecule has 9 rings (SSSR count). The van der Waals surface area contributed by atoms with Crippen molar-refractivity contribution < 1.29 is 0 Å². The third-order valence-electron chi connectivity index (χ3n) is 11.2. The van der Waals surface area contributed by atoms with E-state index < -0.39 is 8.07 Å². The smallest absolute Gasteiger partial charge is 0.0871 e. The fourth-order valence-corrected chi connectivity index (χ4v) is 11.8. The van der Waals surface area contributed by atoms with Crippen LogP contribution in [0, 0.1) is 0 Å². The number of rotatable bonds is 6. The number of hydrogen-bond acceptors (Lipinski definition) is 0. The highest BCUT2D eigenvalue weighted by atomic mass is 28.3. The first kappa shape index (κ1) is 32.2. The summed E-state index contributed by atoms with van der Waals surface area (Å²) in [6.45, 7) is 9.45. The molecule has 1 heteroatoms. The van der Waals surface area contributed by atoms with Crippen LogP contribution in [0.3, 0.4) is 0 Å². The maximum Gasteiger partial charge on any atom is 0.113 e. The molecule has 0 nitrogen and oxygen atoms in total. The molecule has 1 aliphatic heterocycles. The van der Waals surface area contributed by atoms with E-state index in [-0.39, 0.29) is 0 Å². The predicted molar refractivity (Wildman–Crippen MR) is 231 cm³/mol. The third kappa shape index (κ3) is 5.19. The van der Waals surface area contributed by atoms with Gasteiger partial charge in [-0.25, -0.2) is 0 Å². The first-order chi connectivity index (χ1) is 25.5. The molecule has 0 saturated heterocycles. The molecule has 0 amide bonds. The first-order valence-electron chi connectivity index (χ1n) is 18.6. The summed E-state index contributed by atoms with van der Waals surface area (Å²) in [6, 6.07) is 57.0. The monoisotopic (exact) mass is 682 g/mol. The van der Waals surface area contributed by atoms with Crippen molar-refractivity contribution in [2.45, 2.75) is 33.4 Å². The topological polar surface area (TPSA) is 0 Å². The fourth-order valence-electron chi connectivity index (χ4n) is 8.73. The second-order valence-corrected chi connectivity index (χ2v) is 19.0. The van der Waals surface area contributed by atoms with Crippen molar-refractivity contribution in [2.75, 3.05) is 0 Å². The molecule has 1 heterocycles. The summed E-state index contributed by atoms with van der Waals surface area (Å²) in [7, 11) is -1.93. The minimum Gasteiger partial charge on any atom is -0.0871 e. The van der Waals surface area contributed by atoms with E-state index in [9.17, 15) is 0 Å². The Labute approximate surface area is 308 Å². The van der Waals surface area contributed by atoms with Gasteiger partial charge in [-0.3, -0.25) is 0 Å². The summed E-state index contributed by atoms with van der Waals surface area (Å²) in [5, 5.41) is 10.8. The minimum atomic E-state index is -1.93. The summed E-state index contributed by atoms with van der Waals surface area (Å²) in [5.41, 5.74) is 12.9. The summed E-state index contributed by atoms with van der Waals surface area (Å²) < 4.78 is 0. The molecule has 0 bridgehead atoms. The Bertz CT molecular complexity index is 2740. The molecular weight excluding hydrogens is 641 g/mol. The quantitative estimate of drug-likeness (QED) is 0.0930. The van der Waals surface area contributed by atoms with Gasteiger partial charge in [0.2, 0.25) is 0 Å². The van der Waals surface area contributed by atoms with Gasteiger partial charge < -0.3 is 0 Å². The lowest BCUT2D eigenvalue weighted by Crippen LogP contribution is -2.49. The number of benzene rings is 8. The van der Waals surface area contributed by atoms with Crippen molar-refractivity contribution in [3.05, 3.63) is 175 Å². The Kier molecular flexibility index (Phi) is 7.90. The van der Waals surface area contributed by atoms with Crippen LogP contribution < -0.4 is 10.4 Å². The summed E-state index contributed by atoms with van der Waals surface area (Å²) in [5.74, 6) is 0. The van der Waals surface area contributed by atoms with Crippen LogP contribution in [0.4, 0.5) is 0 Å². The zero-order chi connectivity index (χ0) is 35.4. The van der Waals surface area contributed by atoms with Gasteiger partial charge in [-0.1, -0.05) is 166 Å². The highest BCUT2D eigenvalue weighted by Gasteiger charge is 2.38. The van der Waals surface area contributed by atoms with Crippen molar-refractivity contribution in [1.82, 2.24) is 0 Å². The summed E-state index contributed by atoms with van der Waals surface area (Å²) in [6.07, 6.45) is 7.89. The Balaban J connectivity index is 1.42. The zero-order valence-corrected chi connectivity index (χ0v) is 31.4. The van der Waals surface area contributed by atoms with Gasteiger partial charge >= 0.3 is 0 Å². The molecular formula is C51H42Si. The molecule has 8 aromatic rings. The van der Waals surface area contributed by atoms with Gasteiger partial charge in [0.25, 0.3) is 0 Å². The number of allylic oxidation sites excluding steroid dienone is 4. The van der Waals surface area contributed by atoms with Crippen molar-refractivity contribution >= 4 is 56.3 Å². The van der Waals surface area contributed by atoms with E-state index >= 15 is 0 Å². The number of hydrogen-bond donors (Lipinski definition) is 0. The molecule has 250 valence electrons. The molecule has 0 spiro atoms. The third-order valence-corrected chi connectivity index (χ3v) is 14.8. The SMILES string of the molecule is CC=CC(=CCC)c1c2cc(-c3ccccc3)ccc2c(-c2cccc(-c3ccc4ccccc4c3)c2)c2cc3c(cc12)[Si](C)(C)c1ccccc1-3. The van der Waals surface area contributed by atoms with Crippen molar-refractivity contribution in [3.63, 3.8) is 0 Å². The number of fused-ring (bicyclic) bond motifs is 6. The van der Waals surface area contributed by atoms with Gasteiger partial charge in [0.1, 0.15) is 8.07 Å². The van der Waals surface area contributed by atoms with E-state index in [4.69, 9.17) is 0 Å². The average molecular weight is 683 g/mol. The summed E-state index contributed by atoms with van der Waals surface area (Å²) >= 11 is 0. The van der Waals surface area contributed by atoms with Crippen LogP contribution in [-0.2, 0) is 0 Å². The van der Waals surface area contributed by atoms with E-state index in [1.807, 2.05) is 0 Å². The molecule has 52 heavy (non-hydrogen) atoms. The van der Waals surface area contributed by atoms with Crippen molar-refractivity contribution in [3.8, 4) is 44.5 Å². The molecule has 1 aliphatic rings. The van der Waals surface area contributed by atoms with Gasteiger partial charge in [-0.2, -0.15) is 0 Å². The largest absolute Gasteiger partial charge is 0.113 e. The molecule has 0 radical (unpaired) electrons. The molecule has 0 aliphatic carbocycles. The van der Waals surface area contributed by atoms with Gasteiger partial charge in [-0.15, -0.1) is 0 Å². The van der Waals surface area contributed by atoms with Gasteiger partial charge in [0, 0.05) is 0 Å². The molecule has 0 unspecified atom stereocenters. The molecule has 0 saturated carbocycles. The van der Waals surface area contributed by atoms with E-state index in [1.165, 1.54) is 98.3 Å². The molecule has 0 atom stereocenters. The fraction of sp³-hybridized carbons (Fsp3) is 0.0980. The van der Waals surface area contributed by atoms with Crippen LogP contribution in [0.25, 0.3) is 82.4 Å². The maximum absolute atomic E-state index is 2.60. The van der Waals surface area contributed by atoms with Crippen molar-refractivity contribution in [2.24, 2.45) is 0 Å². The van der Waals surface area contributed by atoms with E-state index in [0.717, 1.165) is 6.42 Å². The zero-order valence-electron chi connectivity index (χ0n) is 30.4. The molecule has 0 aromatic heterocycles. The van der Waals surface area contributed by atoms with E-state index in [2.05, 4.69) is 197 Å². The first-order valence-corrected chi connectivity index (χ1v) is 21.6. The average Bonchev–Trinajstić information content (AvgIpc) is 3.41. The second kappa shape index (κ2) is 12.8. The lowest BCUT2D eigenvalue weighted by Gasteiger charge is -2.23. The van der Waals surface area contributed by atoms with Gasteiger partial charge in [-0.05, 0) is 136 Å². The normalized spacial score (nSPS) is 13.7. The van der Waals surface area contributed by atoms with Crippen LogP contribution in [0.2, 0.25) is 13.1 Å². The van der Waals surface area contributed by atoms with E-state index in [0.29, 0.717) is 0 Å². The Morgan fingerprint density at radius 3 is 2.00 bits per heavy atom. The lowest BCUT2D eigenvalue weighted by atomic mass is 9.83. The van der Waals surface area contributed by atoms with Crippen molar-refractivity contribution in [1.29, 1.82) is 0 Å². The lowest BCUT2D eigenvalue weighted by molar-refractivity contribution is 1.23. The van der Waals surface area contributed by atoms with Gasteiger partial charge in [0.05, 0.1) is 0 Å². The Morgan fingerprint density at radius 2 is 1.17 bits per heavy atom. The highest BCUT2D eigenvalue weighted by Crippen LogP contribution is 2.46. The van der Waals surface area contributed by atoms with Crippen LogP contribution in [-0.4, -0.2) is 8.07 Å². The highest BCUT2D eigenvalue weighted by molar-refractivity contribution is 7.04. The Hall–Kier alpha value is -5.76. The van der Waals surface area contributed by atoms with E-state index in [1.54, 1.807) is 0 Å². The second-order valence-electron chi connectivity index (χ2n) is 14.7. The minimum absolute atomic E-state index is 0.965. The standard InChI is InChI=1S/C51H42Si/c1-5-15-36(16-6-2)50-45-31-40(34-17-8-7-9-18-34)27-28-43(45)51(41-22-14-21-38(30-41)39-26-25-35-19-10-11-20-37(35)29-39)46-32-44-42-23-12-13-24-48(42)52(3,4)49(44)33-47(46)50/h5,7-33H,6H2,1-4H3. The Morgan fingerprint density at radius 1 is 0.500 bits per heavy atom. The summed E-state index contributed by atoms with van der Waals surface area (Å²) in [4.78, 5) is 0. The predicted octanol–water partition coefficient (Wildman–Crippen LogP) is 13.3.